The first kappa shape index (κ1) is 21.5. The lowest BCUT2D eigenvalue weighted by Crippen LogP contribution is -2.38. The number of methoxy groups -OCH3 is 1. The van der Waals surface area contributed by atoms with Crippen LogP contribution in [0.15, 0.2) is 83.8 Å². The van der Waals surface area contributed by atoms with E-state index in [0.717, 1.165) is 22.0 Å². The van der Waals surface area contributed by atoms with E-state index in [1.54, 1.807) is 55.6 Å². The molecule has 6 nitrogen and oxygen atoms in total. The van der Waals surface area contributed by atoms with E-state index in [-0.39, 0.29) is 4.90 Å². The highest BCUT2D eigenvalue weighted by molar-refractivity contribution is 7.92. The van der Waals surface area contributed by atoms with E-state index in [4.69, 9.17) is 4.74 Å². The van der Waals surface area contributed by atoms with Gasteiger partial charge in [0.25, 0.3) is 10.0 Å². The molecule has 0 spiro atoms. The molecular formula is C22H21FN2O4S. The van der Waals surface area contributed by atoms with Gasteiger partial charge in [-0.25, -0.2) is 12.8 Å². The molecule has 0 aliphatic heterocycles. The van der Waals surface area contributed by atoms with Gasteiger partial charge in [-0.3, -0.25) is 9.10 Å². The fourth-order valence-electron chi connectivity index (χ4n) is 2.88. The first-order valence-corrected chi connectivity index (χ1v) is 10.6. The van der Waals surface area contributed by atoms with Crippen molar-refractivity contribution < 1.29 is 22.3 Å². The molecule has 8 heteroatoms. The van der Waals surface area contributed by atoms with Gasteiger partial charge in [-0.15, -0.1) is 0 Å². The Morgan fingerprint density at radius 3 is 2.37 bits per heavy atom. The Balaban J connectivity index is 1.87. The van der Waals surface area contributed by atoms with Crippen molar-refractivity contribution in [3.05, 3.63) is 90.2 Å². The number of nitrogens with one attached hydrogen (secondary N) is 1. The average Bonchev–Trinajstić information content (AvgIpc) is 2.73. The highest BCUT2D eigenvalue weighted by Crippen LogP contribution is 2.24. The fraction of sp³-hybridized carbons (Fsp3) is 0.136. The third-order valence-electron chi connectivity index (χ3n) is 4.25. The molecule has 0 aliphatic rings. The zero-order valence-electron chi connectivity index (χ0n) is 16.3. The maximum Gasteiger partial charge on any atom is 0.264 e. The minimum absolute atomic E-state index is 0.109. The molecule has 1 N–H and O–H groups in total. The molecule has 0 radical (unpaired) electrons. The molecule has 1 amide bonds. The Kier molecular flexibility index (Phi) is 6.81. The van der Waals surface area contributed by atoms with Crippen molar-refractivity contribution in [3.8, 4) is 0 Å². The molecular weight excluding hydrogens is 407 g/mol. The predicted octanol–water partition coefficient (Wildman–Crippen LogP) is 3.81. The highest BCUT2D eigenvalue weighted by atomic mass is 32.2. The Bertz CT molecular complexity index is 1100. The summed E-state index contributed by atoms with van der Waals surface area (Å²) in [4.78, 5) is 12.6. The van der Waals surface area contributed by atoms with Crippen LogP contribution in [0.25, 0.3) is 0 Å². The largest absolute Gasteiger partial charge is 0.380 e. The summed E-state index contributed by atoms with van der Waals surface area (Å²) in [5.41, 5.74) is 1.72. The Hall–Kier alpha value is -3.23. The van der Waals surface area contributed by atoms with E-state index in [9.17, 15) is 17.6 Å². The maximum atomic E-state index is 13.3. The number of ether oxygens (including phenoxy) is 1. The first-order valence-electron chi connectivity index (χ1n) is 9.11. The van der Waals surface area contributed by atoms with Crippen molar-refractivity contribution in [1.82, 2.24) is 0 Å². The van der Waals surface area contributed by atoms with Crippen molar-refractivity contribution in [2.45, 2.75) is 11.5 Å². The van der Waals surface area contributed by atoms with Crippen LogP contribution in [-0.4, -0.2) is 28.0 Å². The molecule has 3 aromatic carbocycles. The van der Waals surface area contributed by atoms with Crippen molar-refractivity contribution in [2.75, 3.05) is 23.3 Å². The second kappa shape index (κ2) is 9.51. The normalized spacial score (nSPS) is 11.1. The van der Waals surface area contributed by atoms with Crippen molar-refractivity contribution >= 4 is 27.3 Å². The minimum atomic E-state index is -4.09. The van der Waals surface area contributed by atoms with Crippen molar-refractivity contribution in [3.63, 3.8) is 0 Å². The van der Waals surface area contributed by atoms with Gasteiger partial charge in [-0.05, 0) is 54.1 Å². The van der Waals surface area contributed by atoms with Crippen LogP contribution in [-0.2, 0) is 26.2 Å². The molecule has 0 atom stereocenters. The van der Waals surface area contributed by atoms with E-state index < -0.39 is 28.3 Å². The third kappa shape index (κ3) is 5.22. The van der Waals surface area contributed by atoms with Crippen LogP contribution in [0.5, 0.6) is 0 Å². The molecule has 0 aromatic heterocycles. The molecule has 0 unspecified atom stereocenters. The highest BCUT2D eigenvalue weighted by Gasteiger charge is 2.27. The Labute approximate surface area is 175 Å². The van der Waals surface area contributed by atoms with E-state index in [0.29, 0.717) is 18.0 Å². The molecule has 0 fully saturated rings. The van der Waals surface area contributed by atoms with Gasteiger partial charge >= 0.3 is 0 Å². The van der Waals surface area contributed by atoms with E-state index in [1.807, 2.05) is 6.07 Å². The number of carbonyl (C=O) groups is 1. The summed E-state index contributed by atoms with van der Waals surface area (Å²) in [6.45, 7) is -0.0585. The summed E-state index contributed by atoms with van der Waals surface area (Å²) < 4.78 is 45.7. The standard InChI is InChI=1S/C22H21FN2O4S/c1-29-16-17-6-5-7-19(14-17)24-22(26)15-25(20-8-3-2-4-9-20)30(27,28)21-12-10-18(23)11-13-21/h2-14H,15-16H2,1H3,(H,24,26). The van der Waals surface area contributed by atoms with Gasteiger partial charge in [0.05, 0.1) is 17.2 Å². The summed E-state index contributed by atoms with van der Waals surface area (Å²) in [5.74, 6) is -1.06. The molecule has 0 saturated carbocycles. The Morgan fingerprint density at radius 1 is 1.00 bits per heavy atom. The van der Waals surface area contributed by atoms with Crippen molar-refractivity contribution in [1.29, 1.82) is 0 Å². The number of amides is 1. The summed E-state index contributed by atoms with van der Waals surface area (Å²) in [5, 5.41) is 2.71. The smallest absolute Gasteiger partial charge is 0.264 e. The first-order chi connectivity index (χ1) is 14.4. The summed E-state index contributed by atoms with van der Waals surface area (Å²) in [7, 11) is -2.52. The molecule has 30 heavy (non-hydrogen) atoms. The molecule has 0 heterocycles. The van der Waals surface area contributed by atoms with Crippen LogP contribution in [0, 0.1) is 5.82 Å². The lowest BCUT2D eigenvalue weighted by Gasteiger charge is -2.24. The van der Waals surface area contributed by atoms with Crippen LogP contribution in [0.4, 0.5) is 15.8 Å². The van der Waals surface area contributed by atoms with Crippen LogP contribution < -0.4 is 9.62 Å². The predicted molar refractivity (Wildman–Crippen MR) is 113 cm³/mol. The lowest BCUT2D eigenvalue weighted by molar-refractivity contribution is -0.114. The second-order valence-electron chi connectivity index (χ2n) is 6.48. The van der Waals surface area contributed by atoms with Crippen LogP contribution in [0.1, 0.15) is 5.56 Å². The van der Waals surface area contributed by atoms with Crippen molar-refractivity contribution in [2.24, 2.45) is 0 Å². The summed E-state index contributed by atoms with van der Waals surface area (Å²) in [6, 6.07) is 19.8. The zero-order chi connectivity index (χ0) is 21.6. The fourth-order valence-corrected chi connectivity index (χ4v) is 4.30. The number of carbonyl (C=O) groups excluding carboxylic acids is 1. The number of benzene rings is 3. The van der Waals surface area contributed by atoms with Crippen LogP contribution in [0.2, 0.25) is 0 Å². The van der Waals surface area contributed by atoms with Crippen LogP contribution in [0.3, 0.4) is 0 Å². The number of para-hydroxylation sites is 1. The number of hydrogen-bond acceptors (Lipinski definition) is 4. The third-order valence-corrected chi connectivity index (χ3v) is 6.04. The van der Waals surface area contributed by atoms with Gasteiger partial charge in [-0.2, -0.15) is 0 Å². The topological polar surface area (TPSA) is 75.7 Å². The zero-order valence-corrected chi connectivity index (χ0v) is 17.1. The van der Waals surface area contributed by atoms with Gasteiger partial charge in [0.15, 0.2) is 0 Å². The summed E-state index contributed by atoms with van der Waals surface area (Å²) in [6.07, 6.45) is 0. The second-order valence-corrected chi connectivity index (χ2v) is 8.35. The molecule has 0 aliphatic carbocycles. The monoisotopic (exact) mass is 428 g/mol. The SMILES string of the molecule is COCc1cccc(NC(=O)CN(c2ccccc2)S(=O)(=O)c2ccc(F)cc2)c1. The number of hydrogen-bond donors (Lipinski definition) is 1. The van der Waals surface area contributed by atoms with Crippen LogP contribution >= 0.6 is 0 Å². The lowest BCUT2D eigenvalue weighted by atomic mass is 10.2. The molecule has 0 bridgehead atoms. The summed E-state index contributed by atoms with van der Waals surface area (Å²) >= 11 is 0. The molecule has 3 rings (SSSR count). The quantitative estimate of drug-likeness (QED) is 0.592. The number of sulfonamides is 1. The number of rotatable bonds is 8. The molecule has 156 valence electrons. The van der Waals surface area contributed by atoms with Gasteiger partial charge in [0, 0.05) is 12.8 Å². The maximum absolute atomic E-state index is 13.3. The van der Waals surface area contributed by atoms with Gasteiger partial charge in [0.2, 0.25) is 5.91 Å². The molecule has 0 saturated heterocycles. The van der Waals surface area contributed by atoms with E-state index in [1.165, 1.54) is 12.1 Å². The van der Waals surface area contributed by atoms with Gasteiger partial charge in [0.1, 0.15) is 12.4 Å². The minimum Gasteiger partial charge on any atom is -0.380 e. The number of halogens is 1. The van der Waals surface area contributed by atoms with E-state index >= 15 is 0 Å². The van der Waals surface area contributed by atoms with Gasteiger partial charge in [-0.1, -0.05) is 30.3 Å². The molecule has 3 aromatic rings. The number of nitrogens with zero attached hydrogens (tertiary/aromatic N) is 1. The van der Waals surface area contributed by atoms with Gasteiger partial charge < -0.3 is 10.1 Å². The Morgan fingerprint density at radius 2 is 1.70 bits per heavy atom. The van der Waals surface area contributed by atoms with E-state index in [2.05, 4.69) is 5.32 Å². The average molecular weight is 428 g/mol. The number of anilines is 2.